The quantitative estimate of drug-likeness (QED) is 0.567. The van der Waals surface area contributed by atoms with Crippen molar-refractivity contribution in [2.45, 2.75) is 33.7 Å². The first-order valence-electron chi connectivity index (χ1n) is 8.51. The molecule has 1 unspecified atom stereocenters. The Kier molecular flexibility index (Phi) is 8.86. The van der Waals surface area contributed by atoms with Crippen LogP contribution in [0.15, 0.2) is 24.3 Å². The van der Waals surface area contributed by atoms with Gasteiger partial charge in [0.05, 0.1) is 6.61 Å². The van der Waals surface area contributed by atoms with Gasteiger partial charge in [0.15, 0.2) is 0 Å². The van der Waals surface area contributed by atoms with Crippen molar-refractivity contribution < 1.29 is 14.3 Å². The largest absolute Gasteiger partial charge is 0.494 e. The molecule has 0 aromatic heterocycles. The van der Waals surface area contributed by atoms with E-state index in [1.807, 2.05) is 27.7 Å². The van der Waals surface area contributed by atoms with Crippen LogP contribution in [0.2, 0.25) is 0 Å². The number of carbonyl (C=O) groups excluding carboxylic acids is 2. The lowest BCUT2D eigenvalue weighted by molar-refractivity contribution is -0.123. The number of likely N-dealkylation sites (N-methyl/N-ethyl adjacent to an activating group) is 1. The van der Waals surface area contributed by atoms with Crippen molar-refractivity contribution in [3.63, 3.8) is 0 Å². The van der Waals surface area contributed by atoms with Crippen LogP contribution in [0.5, 0.6) is 5.75 Å². The molecule has 0 bridgehead atoms. The molecule has 0 saturated carbocycles. The van der Waals surface area contributed by atoms with E-state index >= 15 is 0 Å². The second-order valence-electron chi connectivity index (χ2n) is 5.80. The maximum Gasteiger partial charge on any atom is 0.251 e. The highest BCUT2D eigenvalue weighted by atomic mass is 16.5. The Morgan fingerprint density at radius 1 is 1.08 bits per heavy atom. The normalized spacial score (nSPS) is 11.9. The summed E-state index contributed by atoms with van der Waals surface area (Å²) in [5.41, 5.74) is 0.504. The lowest BCUT2D eigenvalue weighted by Crippen LogP contribution is -2.50. The lowest BCUT2D eigenvalue weighted by Gasteiger charge is -2.22. The van der Waals surface area contributed by atoms with Gasteiger partial charge in [0.1, 0.15) is 11.8 Å². The molecule has 0 radical (unpaired) electrons. The minimum Gasteiger partial charge on any atom is -0.494 e. The maximum atomic E-state index is 12.4. The van der Waals surface area contributed by atoms with Crippen LogP contribution in [0.4, 0.5) is 0 Å². The summed E-state index contributed by atoms with van der Waals surface area (Å²) in [7, 11) is 0. The molecule has 0 fully saturated rings. The lowest BCUT2D eigenvalue weighted by atomic mass is 10.0. The van der Waals surface area contributed by atoms with Crippen LogP contribution >= 0.6 is 0 Å². The third kappa shape index (κ3) is 6.58. The van der Waals surface area contributed by atoms with Gasteiger partial charge in [0.2, 0.25) is 5.91 Å². The van der Waals surface area contributed by atoms with Crippen molar-refractivity contribution in [2.24, 2.45) is 5.92 Å². The van der Waals surface area contributed by atoms with Crippen molar-refractivity contribution in [3.8, 4) is 5.75 Å². The molecule has 134 valence electrons. The summed E-state index contributed by atoms with van der Waals surface area (Å²) in [6, 6.07) is 6.32. The van der Waals surface area contributed by atoms with Crippen LogP contribution in [-0.4, -0.2) is 44.1 Å². The predicted molar refractivity (Wildman–Crippen MR) is 95.3 cm³/mol. The van der Waals surface area contributed by atoms with Crippen LogP contribution in [0, 0.1) is 5.92 Å². The molecule has 1 aromatic rings. The second kappa shape index (κ2) is 10.6. The number of amides is 2. The first-order chi connectivity index (χ1) is 11.5. The van der Waals surface area contributed by atoms with E-state index in [1.54, 1.807) is 24.3 Å². The summed E-state index contributed by atoms with van der Waals surface area (Å²) in [6.07, 6.45) is 0. The van der Waals surface area contributed by atoms with Crippen LogP contribution in [0.25, 0.3) is 0 Å². The molecule has 1 atom stereocenters. The smallest absolute Gasteiger partial charge is 0.251 e. The maximum absolute atomic E-state index is 12.4. The van der Waals surface area contributed by atoms with Crippen LogP contribution in [0.3, 0.4) is 0 Å². The number of carbonyl (C=O) groups is 2. The molecule has 2 amide bonds. The SMILES string of the molecule is CCNCCNC(=O)C(NC(=O)c1ccc(OCC)cc1)C(C)C. The number of ether oxygens (including phenoxy) is 1. The minimum absolute atomic E-state index is 0.00391. The summed E-state index contributed by atoms with van der Waals surface area (Å²) >= 11 is 0. The molecule has 0 aliphatic rings. The predicted octanol–water partition coefficient (Wildman–Crippen LogP) is 1.57. The Morgan fingerprint density at radius 3 is 2.29 bits per heavy atom. The van der Waals surface area contributed by atoms with E-state index in [0.29, 0.717) is 25.3 Å². The van der Waals surface area contributed by atoms with Crippen molar-refractivity contribution in [1.82, 2.24) is 16.0 Å². The standard InChI is InChI=1S/C18H29N3O3/c1-5-19-11-12-20-18(23)16(13(3)4)21-17(22)14-7-9-15(10-8-14)24-6-2/h7-10,13,16,19H,5-6,11-12H2,1-4H3,(H,20,23)(H,21,22). The molecule has 0 aliphatic carbocycles. The minimum atomic E-state index is -0.564. The van der Waals surface area contributed by atoms with Gasteiger partial charge in [-0.05, 0) is 43.7 Å². The topological polar surface area (TPSA) is 79.5 Å². The molecular formula is C18H29N3O3. The fraction of sp³-hybridized carbons (Fsp3) is 0.556. The highest BCUT2D eigenvalue weighted by Gasteiger charge is 2.24. The Morgan fingerprint density at radius 2 is 1.75 bits per heavy atom. The monoisotopic (exact) mass is 335 g/mol. The van der Waals surface area contributed by atoms with Gasteiger partial charge in [0.25, 0.3) is 5.91 Å². The second-order valence-corrected chi connectivity index (χ2v) is 5.80. The molecule has 3 N–H and O–H groups in total. The molecular weight excluding hydrogens is 306 g/mol. The highest BCUT2D eigenvalue weighted by molar-refractivity contribution is 5.97. The number of hydrogen-bond acceptors (Lipinski definition) is 4. The van der Waals surface area contributed by atoms with Gasteiger partial charge in [-0.15, -0.1) is 0 Å². The van der Waals surface area contributed by atoms with E-state index in [4.69, 9.17) is 4.74 Å². The van der Waals surface area contributed by atoms with Gasteiger partial charge in [0, 0.05) is 18.7 Å². The Bertz CT molecular complexity index is 515. The van der Waals surface area contributed by atoms with Gasteiger partial charge in [-0.25, -0.2) is 0 Å². The van der Waals surface area contributed by atoms with Crippen LogP contribution < -0.4 is 20.7 Å². The molecule has 6 heteroatoms. The third-order valence-electron chi connectivity index (χ3n) is 3.51. The number of hydrogen-bond donors (Lipinski definition) is 3. The van der Waals surface area contributed by atoms with Crippen molar-refractivity contribution in [3.05, 3.63) is 29.8 Å². The zero-order valence-corrected chi connectivity index (χ0v) is 15.0. The van der Waals surface area contributed by atoms with E-state index in [2.05, 4.69) is 16.0 Å². The van der Waals surface area contributed by atoms with Crippen LogP contribution in [-0.2, 0) is 4.79 Å². The van der Waals surface area contributed by atoms with E-state index in [1.165, 1.54) is 0 Å². The molecule has 0 heterocycles. The van der Waals surface area contributed by atoms with Crippen molar-refractivity contribution in [2.75, 3.05) is 26.2 Å². The molecule has 1 rings (SSSR count). The molecule has 0 spiro atoms. The summed E-state index contributed by atoms with van der Waals surface area (Å²) in [4.78, 5) is 24.6. The van der Waals surface area contributed by atoms with E-state index < -0.39 is 6.04 Å². The third-order valence-corrected chi connectivity index (χ3v) is 3.51. The van der Waals surface area contributed by atoms with Gasteiger partial charge < -0.3 is 20.7 Å². The average Bonchev–Trinajstić information content (AvgIpc) is 2.57. The number of nitrogens with one attached hydrogen (secondary N) is 3. The molecule has 0 aliphatic heterocycles. The summed E-state index contributed by atoms with van der Waals surface area (Å²) in [5.74, 6) is 0.284. The molecule has 0 saturated heterocycles. The van der Waals surface area contributed by atoms with Gasteiger partial charge >= 0.3 is 0 Å². The first kappa shape index (κ1) is 20.0. The summed E-state index contributed by atoms with van der Waals surface area (Å²) in [6.45, 7) is 10.4. The van der Waals surface area contributed by atoms with Gasteiger partial charge in [-0.2, -0.15) is 0 Å². The number of rotatable bonds is 10. The summed E-state index contributed by atoms with van der Waals surface area (Å²) < 4.78 is 5.36. The zero-order valence-electron chi connectivity index (χ0n) is 15.0. The summed E-state index contributed by atoms with van der Waals surface area (Å²) in [5, 5.41) is 8.80. The van der Waals surface area contributed by atoms with Crippen molar-refractivity contribution >= 4 is 11.8 Å². The average molecular weight is 335 g/mol. The van der Waals surface area contributed by atoms with E-state index in [0.717, 1.165) is 12.3 Å². The van der Waals surface area contributed by atoms with Gasteiger partial charge in [-0.3, -0.25) is 9.59 Å². The Hall–Kier alpha value is -2.08. The van der Waals surface area contributed by atoms with Crippen LogP contribution in [0.1, 0.15) is 38.1 Å². The number of benzene rings is 1. The first-order valence-corrected chi connectivity index (χ1v) is 8.51. The van der Waals surface area contributed by atoms with E-state index in [-0.39, 0.29) is 17.7 Å². The van der Waals surface area contributed by atoms with Gasteiger partial charge in [-0.1, -0.05) is 20.8 Å². The fourth-order valence-electron chi connectivity index (χ4n) is 2.19. The molecule has 6 nitrogen and oxygen atoms in total. The molecule has 1 aromatic carbocycles. The zero-order chi connectivity index (χ0) is 17.9. The fourth-order valence-corrected chi connectivity index (χ4v) is 2.19. The Labute approximate surface area is 144 Å². The molecule has 24 heavy (non-hydrogen) atoms. The highest BCUT2D eigenvalue weighted by Crippen LogP contribution is 2.12. The Balaban J connectivity index is 2.63. The van der Waals surface area contributed by atoms with Crippen molar-refractivity contribution in [1.29, 1.82) is 0 Å². The van der Waals surface area contributed by atoms with E-state index in [9.17, 15) is 9.59 Å².